The van der Waals surface area contributed by atoms with Gasteiger partial charge in [-0.2, -0.15) is 0 Å². The SMILES string of the molecule is CCN(CC)CCNC(=O)c1ccc(Br)s1. The average Bonchev–Trinajstić information content (AvgIpc) is 2.71. The van der Waals surface area contributed by atoms with E-state index in [0.29, 0.717) is 6.54 Å². The van der Waals surface area contributed by atoms with E-state index in [-0.39, 0.29) is 5.91 Å². The molecule has 1 aromatic rings. The van der Waals surface area contributed by atoms with E-state index < -0.39 is 0 Å². The van der Waals surface area contributed by atoms with Crippen molar-refractivity contribution in [3.63, 3.8) is 0 Å². The molecule has 0 bridgehead atoms. The van der Waals surface area contributed by atoms with E-state index in [9.17, 15) is 4.79 Å². The zero-order valence-electron chi connectivity index (χ0n) is 9.62. The van der Waals surface area contributed by atoms with Crippen LogP contribution in [-0.2, 0) is 0 Å². The highest BCUT2D eigenvalue weighted by Crippen LogP contribution is 2.21. The molecule has 0 aliphatic rings. The number of nitrogens with zero attached hydrogens (tertiary/aromatic N) is 1. The lowest BCUT2D eigenvalue weighted by molar-refractivity contribution is 0.0953. The zero-order chi connectivity index (χ0) is 12.0. The Labute approximate surface area is 109 Å². The molecule has 0 spiro atoms. The molecule has 0 radical (unpaired) electrons. The van der Waals surface area contributed by atoms with Crippen LogP contribution in [0.15, 0.2) is 15.9 Å². The first-order valence-electron chi connectivity index (χ1n) is 5.43. The summed E-state index contributed by atoms with van der Waals surface area (Å²) in [5.41, 5.74) is 0. The first-order valence-corrected chi connectivity index (χ1v) is 7.04. The number of thiophene rings is 1. The van der Waals surface area contributed by atoms with Crippen molar-refractivity contribution in [2.45, 2.75) is 13.8 Å². The van der Waals surface area contributed by atoms with Crippen LogP contribution in [0.3, 0.4) is 0 Å². The molecule has 1 rings (SSSR count). The summed E-state index contributed by atoms with van der Waals surface area (Å²) in [6, 6.07) is 3.73. The Bertz CT molecular complexity index is 336. The summed E-state index contributed by atoms with van der Waals surface area (Å²) in [6.07, 6.45) is 0. The number of hydrogen-bond donors (Lipinski definition) is 1. The predicted molar refractivity (Wildman–Crippen MR) is 72.1 cm³/mol. The van der Waals surface area contributed by atoms with Crippen molar-refractivity contribution in [2.75, 3.05) is 26.2 Å². The van der Waals surface area contributed by atoms with Crippen molar-refractivity contribution in [1.82, 2.24) is 10.2 Å². The number of rotatable bonds is 6. The van der Waals surface area contributed by atoms with Crippen LogP contribution in [0.4, 0.5) is 0 Å². The molecule has 0 fully saturated rings. The summed E-state index contributed by atoms with van der Waals surface area (Å²) < 4.78 is 0.987. The molecular formula is C11H17BrN2OS. The predicted octanol–water partition coefficient (Wildman–Crippen LogP) is 2.58. The van der Waals surface area contributed by atoms with Gasteiger partial charge < -0.3 is 10.2 Å². The summed E-state index contributed by atoms with van der Waals surface area (Å²) >= 11 is 4.80. The molecule has 3 nitrogen and oxygen atoms in total. The third-order valence-corrected chi connectivity index (χ3v) is 4.03. The van der Waals surface area contributed by atoms with Crippen molar-refractivity contribution in [2.24, 2.45) is 0 Å². The third kappa shape index (κ3) is 4.23. The number of hydrogen-bond acceptors (Lipinski definition) is 3. The fourth-order valence-electron chi connectivity index (χ4n) is 1.39. The lowest BCUT2D eigenvalue weighted by Crippen LogP contribution is -2.34. The molecule has 1 amide bonds. The van der Waals surface area contributed by atoms with Crippen LogP contribution in [0.5, 0.6) is 0 Å². The molecule has 0 saturated carbocycles. The van der Waals surface area contributed by atoms with Crippen LogP contribution in [0.2, 0.25) is 0 Å². The van der Waals surface area contributed by atoms with Gasteiger partial charge in [0.05, 0.1) is 8.66 Å². The Hall–Kier alpha value is -0.390. The van der Waals surface area contributed by atoms with Gasteiger partial charge in [-0.3, -0.25) is 4.79 Å². The second kappa shape index (κ2) is 7.04. The molecular weight excluding hydrogens is 288 g/mol. The van der Waals surface area contributed by atoms with Gasteiger partial charge in [0.2, 0.25) is 0 Å². The molecule has 0 unspecified atom stereocenters. The fourth-order valence-corrected chi connectivity index (χ4v) is 2.69. The summed E-state index contributed by atoms with van der Waals surface area (Å²) in [5, 5.41) is 2.92. The Kier molecular flexibility index (Phi) is 6.01. The topological polar surface area (TPSA) is 32.3 Å². The Morgan fingerprint density at radius 2 is 2.12 bits per heavy atom. The smallest absolute Gasteiger partial charge is 0.261 e. The lowest BCUT2D eigenvalue weighted by Gasteiger charge is -2.17. The molecule has 0 aromatic carbocycles. The fraction of sp³-hybridized carbons (Fsp3) is 0.545. The van der Waals surface area contributed by atoms with Gasteiger partial charge >= 0.3 is 0 Å². The highest BCUT2D eigenvalue weighted by atomic mass is 79.9. The second-order valence-electron chi connectivity index (χ2n) is 3.39. The van der Waals surface area contributed by atoms with Crippen LogP contribution in [0.1, 0.15) is 23.5 Å². The van der Waals surface area contributed by atoms with Crippen LogP contribution in [0.25, 0.3) is 0 Å². The van der Waals surface area contributed by atoms with Gasteiger partial charge in [-0.1, -0.05) is 13.8 Å². The molecule has 0 atom stereocenters. The van der Waals surface area contributed by atoms with E-state index in [1.807, 2.05) is 12.1 Å². The van der Waals surface area contributed by atoms with Crippen molar-refractivity contribution in [3.8, 4) is 0 Å². The van der Waals surface area contributed by atoms with Crippen molar-refractivity contribution < 1.29 is 4.79 Å². The van der Waals surface area contributed by atoms with Crippen molar-refractivity contribution in [3.05, 3.63) is 20.8 Å². The van der Waals surface area contributed by atoms with E-state index in [1.54, 1.807) is 0 Å². The Morgan fingerprint density at radius 3 is 2.62 bits per heavy atom. The minimum Gasteiger partial charge on any atom is -0.350 e. The van der Waals surface area contributed by atoms with Crippen LogP contribution >= 0.6 is 27.3 Å². The van der Waals surface area contributed by atoms with Gasteiger partial charge in [0.1, 0.15) is 0 Å². The molecule has 90 valence electrons. The Balaban J connectivity index is 2.30. The van der Waals surface area contributed by atoms with Crippen LogP contribution in [-0.4, -0.2) is 37.0 Å². The highest BCUT2D eigenvalue weighted by molar-refractivity contribution is 9.11. The summed E-state index contributed by atoms with van der Waals surface area (Å²) in [5.74, 6) is 0.0165. The largest absolute Gasteiger partial charge is 0.350 e. The average molecular weight is 305 g/mol. The van der Waals surface area contributed by atoms with Gasteiger partial charge in [-0.15, -0.1) is 11.3 Å². The van der Waals surface area contributed by atoms with Crippen LogP contribution < -0.4 is 5.32 Å². The maximum Gasteiger partial charge on any atom is 0.261 e. The molecule has 16 heavy (non-hydrogen) atoms. The van der Waals surface area contributed by atoms with E-state index >= 15 is 0 Å². The van der Waals surface area contributed by atoms with E-state index in [2.05, 4.69) is 40.0 Å². The van der Waals surface area contributed by atoms with E-state index in [0.717, 1.165) is 28.3 Å². The van der Waals surface area contributed by atoms with E-state index in [1.165, 1.54) is 11.3 Å². The zero-order valence-corrected chi connectivity index (χ0v) is 12.0. The quantitative estimate of drug-likeness (QED) is 0.876. The molecule has 1 heterocycles. The van der Waals surface area contributed by atoms with Gasteiger partial charge in [0.25, 0.3) is 5.91 Å². The number of amides is 1. The molecule has 1 aromatic heterocycles. The molecule has 1 N–H and O–H groups in total. The Morgan fingerprint density at radius 1 is 1.44 bits per heavy atom. The third-order valence-electron chi connectivity index (χ3n) is 2.41. The number of likely N-dealkylation sites (N-methyl/N-ethyl adjacent to an activating group) is 1. The summed E-state index contributed by atoms with van der Waals surface area (Å²) in [4.78, 5) is 14.7. The number of halogens is 1. The van der Waals surface area contributed by atoms with Crippen molar-refractivity contribution >= 4 is 33.2 Å². The minimum atomic E-state index is 0.0165. The minimum absolute atomic E-state index is 0.0165. The molecule has 5 heteroatoms. The van der Waals surface area contributed by atoms with E-state index in [4.69, 9.17) is 0 Å². The molecule has 0 aliphatic heterocycles. The first kappa shape index (κ1) is 13.7. The monoisotopic (exact) mass is 304 g/mol. The van der Waals surface area contributed by atoms with Gasteiger partial charge in [0.15, 0.2) is 0 Å². The lowest BCUT2D eigenvalue weighted by atomic mass is 10.4. The maximum atomic E-state index is 11.7. The van der Waals surface area contributed by atoms with Crippen LogP contribution in [0, 0.1) is 0 Å². The standard InChI is InChI=1S/C11H17BrN2OS/c1-3-14(4-2)8-7-13-11(15)9-5-6-10(12)16-9/h5-6H,3-4,7-8H2,1-2H3,(H,13,15). The van der Waals surface area contributed by atoms with Gasteiger partial charge in [-0.25, -0.2) is 0 Å². The first-order chi connectivity index (χ1) is 7.67. The van der Waals surface area contributed by atoms with Gasteiger partial charge in [-0.05, 0) is 41.2 Å². The van der Waals surface area contributed by atoms with Crippen molar-refractivity contribution in [1.29, 1.82) is 0 Å². The summed E-state index contributed by atoms with van der Waals surface area (Å²) in [6.45, 7) is 7.92. The second-order valence-corrected chi connectivity index (χ2v) is 5.85. The van der Waals surface area contributed by atoms with Gasteiger partial charge in [0, 0.05) is 13.1 Å². The highest BCUT2D eigenvalue weighted by Gasteiger charge is 2.07. The number of carbonyl (C=O) groups is 1. The molecule has 0 aliphatic carbocycles. The maximum absolute atomic E-state index is 11.7. The number of carbonyl (C=O) groups excluding carboxylic acids is 1. The summed E-state index contributed by atoms with van der Waals surface area (Å²) in [7, 11) is 0. The number of nitrogens with one attached hydrogen (secondary N) is 1. The normalized spacial score (nSPS) is 10.8. The molecule has 0 saturated heterocycles.